The lowest BCUT2D eigenvalue weighted by Gasteiger charge is -2.49. The van der Waals surface area contributed by atoms with Crippen molar-refractivity contribution >= 4 is 0 Å². The smallest absolute Gasteiger partial charge is 0.115 e. The second kappa shape index (κ2) is 6.29. The molecular weight excluding hydrogens is 332 g/mol. The van der Waals surface area contributed by atoms with E-state index >= 15 is 0 Å². The first-order chi connectivity index (χ1) is 13.2. The molecule has 4 aliphatic rings. The van der Waals surface area contributed by atoms with Crippen LogP contribution in [0.1, 0.15) is 56.1 Å². The van der Waals surface area contributed by atoms with E-state index in [-0.39, 0.29) is 6.10 Å². The number of aromatic hydroxyl groups is 1. The first-order valence-electron chi connectivity index (χ1n) is 10.6. The van der Waals surface area contributed by atoms with Gasteiger partial charge in [-0.2, -0.15) is 0 Å². The number of fused-ring (bicyclic) bond motifs is 4. The van der Waals surface area contributed by atoms with Gasteiger partial charge in [0.15, 0.2) is 0 Å². The summed E-state index contributed by atoms with van der Waals surface area (Å²) in [4.78, 5) is 0. The van der Waals surface area contributed by atoms with E-state index in [9.17, 15) is 5.11 Å². The van der Waals surface area contributed by atoms with Gasteiger partial charge in [-0.1, -0.05) is 24.8 Å². The number of phenolic OH excluding ortho intramolecular Hbond substituents is 1. The summed E-state index contributed by atoms with van der Waals surface area (Å²) in [5.74, 6) is 4.37. The average molecular weight is 363 g/mol. The number of benzene rings is 1. The van der Waals surface area contributed by atoms with Crippen LogP contribution in [-0.2, 0) is 11.2 Å². The minimum atomic E-state index is 0.235. The van der Waals surface area contributed by atoms with Crippen LogP contribution >= 0.6 is 0 Å². The molecule has 0 bridgehead atoms. The van der Waals surface area contributed by atoms with E-state index in [1.807, 2.05) is 31.2 Å². The molecule has 0 radical (unpaired) electrons. The molecule has 142 valence electrons. The number of allylic oxidation sites excluding steroid dienone is 4. The molecule has 27 heavy (non-hydrogen) atoms. The van der Waals surface area contributed by atoms with E-state index in [2.05, 4.69) is 18.7 Å². The molecule has 6 atom stereocenters. The summed E-state index contributed by atoms with van der Waals surface area (Å²) in [6.45, 7) is 5.83. The zero-order valence-electron chi connectivity index (χ0n) is 16.2. The Labute approximate surface area is 162 Å². The molecule has 1 aromatic rings. The van der Waals surface area contributed by atoms with Crippen molar-refractivity contribution in [2.24, 2.45) is 23.2 Å². The molecule has 5 rings (SSSR count). The summed E-state index contributed by atoms with van der Waals surface area (Å²) in [6, 6.07) is 6.02. The Morgan fingerprint density at radius 1 is 1.26 bits per heavy atom. The lowest BCUT2D eigenvalue weighted by atomic mass is 9.57. The molecule has 0 aliphatic heterocycles. The number of rotatable bonds is 4. The Hall–Kier alpha value is -1.96. The van der Waals surface area contributed by atoms with E-state index in [1.54, 1.807) is 6.08 Å². The molecule has 1 spiro atoms. The fourth-order valence-electron chi connectivity index (χ4n) is 6.90. The van der Waals surface area contributed by atoms with Crippen LogP contribution in [0.15, 0.2) is 54.8 Å². The van der Waals surface area contributed by atoms with Gasteiger partial charge in [0.2, 0.25) is 0 Å². The third-order valence-corrected chi connectivity index (χ3v) is 8.01. The molecule has 0 saturated heterocycles. The Balaban J connectivity index is 1.53. The third kappa shape index (κ3) is 2.60. The number of hydrogen-bond acceptors (Lipinski definition) is 2. The highest BCUT2D eigenvalue weighted by atomic mass is 16.5. The summed E-state index contributed by atoms with van der Waals surface area (Å²) in [6.07, 6.45) is 15.9. The molecule has 1 aromatic carbocycles. The van der Waals surface area contributed by atoms with Gasteiger partial charge in [-0.3, -0.25) is 0 Å². The van der Waals surface area contributed by atoms with Crippen molar-refractivity contribution in [2.45, 2.75) is 57.5 Å². The van der Waals surface area contributed by atoms with E-state index in [0.29, 0.717) is 17.1 Å². The molecule has 6 unspecified atom stereocenters. The lowest BCUT2D eigenvalue weighted by Crippen LogP contribution is -2.45. The van der Waals surface area contributed by atoms with Crippen molar-refractivity contribution in [3.63, 3.8) is 0 Å². The second-order valence-electron chi connectivity index (χ2n) is 9.08. The number of hydrogen-bond donors (Lipinski definition) is 1. The van der Waals surface area contributed by atoms with Crippen molar-refractivity contribution in [1.29, 1.82) is 0 Å². The van der Waals surface area contributed by atoms with Gasteiger partial charge in [0.05, 0.1) is 0 Å². The predicted molar refractivity (Wildman–Crippen MR) is 109 cm³/mol. The number of aryl methyl sites for hydroxylation is 1. The van der Waals surface area contributed by atoms with Crippen LogP contribution in [0.4, 0.5) is 0 Å². The second-order valence-corrected chi connectivity index (χ2v) is 9.08. The van der Waals surface area contributed by atoms with E-state index < -0.39 is 0 Å². The molecule has 0 amide bonds. The van der Waals surface area contributed by atoms with Crippen LogP contribution in [0.5, 0.6) is 5.75 Å². The van der Waals surface area contributed by atoms with Crippen molar-refractivity contribution < 1.29 is 9.84 Å². The van der Waals surface area contributed by atoms with Gasteiger partial charge in [0.25, 0.3) is 0 Å². The normalized spacial score (nSPS) is 39.3. The van der Waals surface area contributed by atoms with Crippen LogP contribution < -0.4 is 0 Å². The molecule has 3 fully saturated rings. The van der Waals surface area contributed by atoms with Crippen molar-refractivity contribution in [3.8, 4) is 5.75 Å². The third-order valence-electron chi connectivity index (χ3n) is 8.01. The van der Waals surface area contributed by atoms with E-state index in [1.165, 1.54) is 43.2 Å². The Kier molecular flexibility index (Phi) is 4.00. The van der Waals surface area contributed by atoms with Gasteiger partial charge in [-0.05, 0) is 104 Å². The number of phenols is 1. The summed E-state index contributed by atoms with van der Waals surface area (Å²) in [5, 5.41) is 9.97. The maximum atomic E-state index is 9.97. The maximum Gasteiger partial charge on any atom is 0.115 e. The quantitative estimate of drug-likeness (QED) is 0.534. The molecule has 4 aliphatic carbocycles. The molecular formula is C25H30O2. The van der Waals surface area contributed by atoms with Gasteiger partial charge < -0.3 is 9.84 Å². The van der Waals surface area contributed by atoms with Crippen molar-refractivity contribution in [2.75, 3.05) is 0 Å². The molecule has 1 N–H and O–H groups in total. The highest BCUT2D eigenvalue weighted by Gasteiger charge is 2.68. The van der Waals surface area contributed by atoms with Gasteiger partial charge >= 0.3 is 0 Å². The Bertz CT molecular complexity index is 820. The highest BCUT2D eigenvalue weighted by Crippen LogP contribution is 2.75. The lowest BCUT2D eigenvalue weighted by molar-refractivity contribution is -0.0259. The zero-order chi connectivity index (χ0) is 18.6. The Morgan fingerprint density at radius 2 is 2.15 bits per heavy atom. The Morgan fingerprint density at radius 3 is 2.93 bits per heavy atom. The number of ether oxygens (including phenoxy) is 1. The topological polar surface area (TPSA) is 29.5 Å². The van der Waals surface area contributed by atoms with Crippen LogP contribution in [0, 0.1) is 23.2 Å². The minimum Gasteiger partial charge on any atom is -0.508 e. The van der Waals surface area contributed by atoms with Crippen LogP contribution in [-0.4, -0.2) is 11.2 Å². The summed E-state index contributed by atoms with van der Waals surface area (Å²) in [5.41, 5.74) is 3.33. The maximum absolute atomic E-state index is 9.97. The van der Waals surface area contributed by atoms with Crippen molar-refractivity contribution in [3.05, 3.63) is 66.0 Å². The molecule has 2 heteroatoms. The molecule has 0 heterocycles. The van der Waals surface area contributed by atoms with Crippen molar-refractivity contribution in [1.82, 2.24) is 0 Å². The highest BCUT2D eigenvalue weighted by molar-refractivity contribution is 5.41. The van der Waals surface area contributed by atoms with E-state index in [0.717, 1.165) is 29.9 Å². The molecule has 2 nitrogen and oxygen atoms in total. The molecule has 0 aromatic heterocycles. The van der Waals surface area contributed by atoms with Gasteiger partial charge in [-0.15, -0.1) is 0 Å². The van der Waals surface area contributed by atoms with Gasteiger partial charge in [0, 0.05) is 5.92 Å². The largest absolute Gasteiger partial charge is 0.508 e. The predicted octanol–water partition coefficient (Wildman–Crippen LogP) is 5.89. The fourth-order valence-corrected chi connectivity index (χ4v) is 6.90. The first-order valence-corrected chi connectivity index (χ1v) is 10.6. The van der Waals surface area contributed by atoms with Crippen LogP contribution in [0.3, 0.4) is 0 Å². The average Bonchev–Trinajstić information content (AvgIpc) is 3.25. The van der Waals surface area contributed by atoms with Gasteiger partial charge in [-0.25, -0.2) is 0 Å². The standard InChI is InChI=1S/C25H30O2/c1-3-5-6-19(4-2)27-23-15-25-14-17(25)8-12-22(25)21-10-7-16-13-18(26)9-11-20(16)24(21)23/h3-6,9,11,13,17,21-24,26H,1,7-8,10,12,14-15H2,2H3/b6-5-,19-4+. The summed E-state index contributed by atoms with van der Waals surface area (Å²) < 4.78 is 6.66. The fraction of sp³-hybridized carbons (Fsp3) is 0.520. The summed E-state index contributed by atoms with van der Waals surface area (Å²) in [7, 11) is 0. The van der Waals surface area contributed by atoms with Crippen LogP contribution in [0.2, 0.25) is 0 Å². The monoisotopic (exact) mass is 362 g/mol. The first kappa shape index (κ1) is 17.2. The SMILES string of the molecule is C=C/C=C\C(=C/C)OC1CC23CC2CCC3C2CCc3cc(O)ccc3C12. The summed E-state index contributed by atoms with van der Waals surface area (Å²) >= 11 is 0. The van der Waals surface area contributed by atoms with Crippen LogP contribution in [0.25, 0.3) is 0 Å². The molecule has 3 saturated carbocycles. The van der Waals surface area contributed by atoms with Gasteiger partial charge in [0.1, 0.15) is 17.6 Å². The van der Waals surface area contributed by atoms with E-state index in [4.69, 9.17) is 4.74 Å². The zero-order valence-corrected chi connectivity index (χ0v) is 16.2. The minimum absolute atomic E-state index is 0.235.